The van der Waals surface area contributed by atoms with E-state index in [1.54, 1.807) is 17.0 Å². The summed E-state index contributed by atoms with van der Waals surface area (Å²) < 4.78 is 5.01. The van der Waals surface area contributed by atoms with Gasteiger partial charge in [-0.2, -0.15) is 0 Å². The maximum atomic E-state index is 12.6. The van der Waals surface area contributed by atoms with Gasteiger partial charge in [-0.3, -0.25) is 19.2 Å². The lowest BCUT2D eigenvalue weighted by Gasteiger charge is -2.39. The van der Waals surface area contributed by atoms with Crippen LogP contribution in [-0.2, 0) is 9.59 Å². The Morgan fingerprint density at radius 2 is 1.93 bits per heavy atom. The second-order valence-corrected chi connectivity index (χ2v) is 8.84. The molecule has 1 spiro atoms. The van der Waals surface area contributed by atoms with Crippen molar-refractivity contribution in [2.45, 2.75) is 25.3 Å². The first-order valence-corrected chi connectivity index (χ1v) is 10.8. The number of thioether (sulfide) groups is 1. The van der Waals surface area contributed by atoms with Crippen molar-refractivity contribution in [1.29, 1.82) is 0 Å². The van der Waals surface area contributed by atoms with Crippen molar-refractivity contribution in [3.63, 3.8) is 0 Å². The molecule has 1 aromatic rings. The summed E-state index contributed by atoms with van der Waals surface area (Å²) in [6.45, 7) is 2.56. The number of likely N-dealkylation sites (tertiary alicyclic amines) is 2. The Labute approximate surface area is 172 Å². The predicted molar refractivity (Wildman–Crippen MR) is 105 cm³/mol. The highest BCUT2D eigenvalue weighted by Gasteiger charge is 2.44. The molecule has 0 radical (unpaired) electrons. The van der Waals surface area contributed by atoms with Crippen molar-refractivity contribution in [3.05, 3.63) is 24.2 Å². The van der Waals surface area contributed by atoms with Crippen LogP contribution in [0.2, 0.25) is 0 Å². The van der Waals surface area contributed by atoms with E-state index in [0.29, 0.717) is 31.9 Å². The number of amides is 4. The number of piperidine rings is 1. The van der Waals surface area contributed by atoms with Crippen LogP contribution in [0.4, 0.5) is 4.79 Å². The fraction of sp³-hybridized carbons (Fsp3) is 0.579. The van der Waals surface area contributed by atoms with Gasteiger partial charge >= 0.3 is 0 Å². The maximum Gasteiger partial charge on any atom is 0.287 e. The summed E-state index contributed by atoms with van der Waals surface area (Å²) in [5, 5.41) is 5.17. The molecule has 0 bridgehead atoms. The quantitative estimate of drug-likeness (QED) is 0.741. The number of hydrogen-bond donors (Lipinski definition) is 2. The Morgan fingerprint density at radius 1 is 1.21 bits per heavy atom. The molecule has 29 heavy (non-hydrogen) atoms. The third kappa shape index (κ3) is 4.26. The number of furan rings is 1. The fourth-order valence-corrected chi connectivity index (χ4v) is 5.03. The minimum atomic E-state index is -0.415. The van der Waals surface area contributed by atoms with Crippen LogP contribution in [0.25, 0.3) is 0 Å². The molecule has 1 atom stereocenters. The van der Waals surface area contributed by atoms with Crippen LogP contribution < -0.4 is 10.6 Å². The van der Waals surface area contributed by atoms with Crippen LogP contribution in [0.1, 0.15) is 29.8 Å². The minimum absolute atomic E-state index is 0.000584. The molecule has 3 saturated heterocycles. The number of carbonyl (C=O) groups excluding carboxylic acids is 4. The number of hydrogen-bond acceptors (Lipinski definition) is 6. The van der Waals surface area contributed by atoms with Gasteiger partial charge in [-0.15, -0.1) is 0 Å². The van der Waals surface area contributed by atoms with E-state index in [4.69, 9.17) is 4.42 Å². The monoisotopic (exact) mass is 420 g/mol. The normalized spacial score (nSPS) is 23.3. The number of carbonyl (C=O) groups is 4. The molecular weight excluding hydrogens is 396 g/mol. The summed E-state index contributed by atoms with van der Waals surface area (Å²) in [4.78, 5) is 51.9. The first kappa shape index (κ1) is 19.8. The topological polar surface area (TPSA) is 112 Å². The third-order valence-corrected chi connectivity index (χ3v) is 6.92. The van der Waals surface area contributed by atoms with Crippen molar-refractivity contribution < 1.29 is 23.6 Å². The van der Waals surface area contributed by atoms with Crippen molar-refractivity contribution in [1.82, 2.24) is 20.4 Å². The van der Waals surface area contributed by atoms with Crippen LogP contribution >= 0.6 is 11.8 Å². The molecule has 9 nitrogen and oxygen atoms in total. The van der Waals surface area contributed by atoms with E-state index in [2.05, 4.69) is 10.6 Å². The van der Waals surface area contributed by atoms with Gasteiger partial charge in [0.15, 0.2) is 5.76 Å². The highest BCUT2D eigenvalue weighted by molar-refractivity contribution is 8.14. The lowest BCUT2D eigenvalue weighted by atomic mass is 9.78. The lowest BCUT2D eigenvalue weighted by molar-refractivity contribution is -0.134. The zero-order valence-corrected chi connectivity index (χ0v) is 16.8. The summed E-state index contributed by atoms with van der Waals surface area (Å²) in [7, 11) is 0. The molecule has 3 aliphatic heterocycles. The first-order chi connectivity index (χ1) is 14.0. The van der Waals surface area contributed by atoms with Crippen LogP contribution in [0.15, 0.2) is 22.8 Å². The molecule has 3 aliphatic rings. The number of nitrogens with zero attached hydrogens (tertiary/aromatic N) is 2. The van der Waals surface area contributed by atoms with Crippen LogP contribution in [0.5, 0.6) is 0 Å². The Balaban J connectivity index is 1.24. The van der Waals surface area contributed by atoms with E-state index in [0.717, 1.165) is 31.0 Å². The van der Waals surface area contributed by atoms with E-state index in [-0.39, 0.29) is 34.8 Å². The maximum absolute atomic E-state index is 12.6. The van der Waals surface area contributed by atoms with Gasteiger partial charge in [0.2, 0.25) is 11.8 Å². The van der Waals surface area contributed by atoms with Crippen molar-refractivity contribution in [2.75, 3.05) is 38.5 Å². The Bertz CT molecular complexity index is 804. The van der Waals surface area contributed by atoms with Gasteiger partial charge in [0.25, 0.3) is 11.1 Å². The minimum Gasteiger partial charge on any atom is -0.459 e. The molecule has 1 aromatic heterocycles. The Kier molecular flexibility index (Phi) is 5.53. The van der Waals surface area contributed by atoms with E-state index < -0.39 is 11.9 Å². The van der Waals surface area contributed by atoms with E-state index in [1.807, 2.05) is 4.90 Å². The molecule has 4 heterocycles. The van der Waals surface area contributed by atoms with Gasteiger partial charge in [-0.05, 0) is 36.8 Å². The standard InChI is InChI=1S/C19H24N4O5S/c24-15(10-20-16(25)14-2-1-9-28-14)22-6-3-19(4-7-22)5-8-23(12-19)17(26)13-11-29-18(27)21-13/h1-2,9,13H,3-8,10-12H2,(H,20,25)(H,21,27). The molecule has 0 saturated carbocycles. The van der Waals surface area contributed by atoms with E-state index >= 15 is 0 Å². The van der Waals surface area contributed by atoms with Gasteiger partial charge in [0.05, 0.1) is 12.8 Å². The third-order valence-electron chi connectivity index (χ3n) is 6.04. The fourth-order valence-electron chi connectivity index (χ4n) is 4.26. The van der Waals surface area contributed by atoms with Crippen LogP contribution in [0, 0.1) is 5.41 Å². The summed E-state index contributed by atoms with van der Waals surface area (Å²) in [6, 6.07) is 2.76. The van der Waals surface area contributed by atoms with Gasteiger partial charge in [-0.25, -0.2) is 0 Å². The summed E-state index contributed by atoms with van der Waals surface area (Å²) >= 11 is 1.15. The van der Waals surface area contributed by atoms with Crippen molar-refractivity contribution >= 4 is 34.7 Å². The van der Waals surface area contributed by atoms with Crippen molar-refractivity contribution in [2.24, 2.45) is 5.41 Å². The zero-order valence-electron chi connectivity index (χ0n) is 16.0. The SMILES string of the molecule is O=C1NC(C(=O)N2CCC3(CCN(C(=O)CNC(=O)c4ccco4)CC3)C2)CS1. The average molecular weight is 420 g/mol. The smallest absolute Gasteiger partial charge is 0.287 e. The molecule has 3 fully saturated rings. The number of rotatable bonds is 4. The molecule has 1 unspecified atom stereocenters. The van der Waals surface area contributed by atoms with Crippen molar-refractivity contribution in [3.8, 4) is 0 Å². The molecule has 4 amide bonds. The second-order valence-electron chi connectivity index (χ2n) is 7.85. The first-order valence-electron chi connectivity index (χ1n) is 9.77. The van der Waals surface area contributed by atoms with Gasteiger partial charge in [0.1, 0.15) is 6.04 Å². The van der Waals surface area contributed by atoms with Gasteiger partial charge in [-0.1, -0.05) is 11.8 Å². The highest BCUT2D eigenvalue weighted by Crippen LogP contribution is 2.40. The molecule has 0 aliphatic carbocycles. The summed E-state index contributed by atoms with van der Waals surface area (Å²) in [5.41, 5.74) is 0.0413. The lowest BCUT2D eigenvalue weighted by Crippen LogP contribution is -2.49. The van der Waals surface area contributed by atoms with Gasteiger partial charge in [0, 0.05) is 31.9 Å². The molecule has 10 heteroatoms. The summed E-state index contributed by atoms with van der Waals surface area (Å²) in [5.74, 6) is 0.158. The number of nitrogens with one attached hydrogen (secondary N) is 2. The van der Waals surface area contributed by atoms with Crippen LogP contribution in [0.3, 0.4) is 0 Å². The van der Waals surface area contributed by atoms with E-state index in [1.165, 1.54) is 6.26 Å². The highest BCUT2D eigenvalue weighted by atomic mass is 32.2. The summed E-state index contributed by atoms with van der Waals surface area (Å²) in [6.07, 6.45) is 4.00. The molecule has 4 rings (SSSR count). The molecule has 0 aromatic carbocycles. The van der Waals surface area contributed by atoms with Crippen LogP contribution in [-0.4, -0.2) is 77.3 Å². The van der Waals surface area contributed by atoms with Gasteiger partial charge < -0.3 is 24.9 Å². The second kappa shape index (κ2) is 8.10. The molecule has 2 N–H and O–H groups in total. The predicted octanol–water partition coefficient (Wildman–Crippen LogP) is 0.676. The van der Waals surface area contributed by atoms with E-state index in [9.17, 15) is 19.2 Å². The average Bonchev–Trinajstić information content (AvgIpc) is 3.47. The largest absolute Gasteiger partial charge is 0.459 e. The Morgan fingerprint density at radius 3 is 2.55 bits per heavy atom. The Hall–Kier alpha value is -2.49. The molecular formula is C19H24N4O5S. The molecule has 156 valence electrons. The zero-order chi connectivity index (χ0) is 20.4.